The molecule has 16 heavy (non-hydrogen) atoms. The van der Waals surface area contributed by atoms with E-state index in [1.165, 1.54) is 24.1 Å². The normalized spacial score (nSPS) is 11.7. The molecule has 0 saturated heterocycles. The minimum Gasteiger partial charge on any atom is -0.326 e. The summed E-state index contributed by atoms with van der Waals surface area (Å²) in [5.74, 6) is -1.03. The van der Waals surface area contributed by atoms with E-state index in [2.05, 4.69) is 0 Å². The molecule has 0 spiro atoms. The molecule has 0 fully saturated rings. The zero-order valence-corrected chi connectivity index (χ0v) is 9.49. The van der Waals surface area contributed by atoms with E-state index >= 15 is 0 Å². The predicted molar refractivity (Wildman–Crippen MR) is 58.3 cm³/mol. The number of nitrogens with zero attached hydrogens (tertiary/aromatic N) is 2. The van der Waals surface area contributed by atoms with Crippen LogP contribution in [-0.2, 0) is 0 Å². The Morgan fingerprint density at radius 1 is 1.56 bits per heavy atom. The van der Waals surface area contributed by atoms with Gasteiger partial charge in [-0.05, 0) is 31.5 Å². The maximum atomic E-state index is 13.5. The first-order valence-electron chi connectivity index (χ1n) is 4.90. The lowest BCUT2D eigenvalue weighted by Crippen LogP contribution is -2.34. The third-order valence-electron chi connectivity index (χ3n) is 2.44. The fourth-order valence-corrected chi connectivity index (χ4v) is 1.25. The van der Waals surface area contributed by atoms with Crippen molar-refractivity contribution < 1.29 is 9.18 Å². The molecule has 0 aromatic heterocycles. The molecule has 0 N–H and O–H groups in total. The lowest BCUT2D eigenvalue weighted by atomic mass is 10.1. The van der Waals surface area contributed by atoms with E-state index in [-0.39, 0.29) is 5.56 Å². The zero-order chi connectivity index (χ0) is 12.3. The summed E-state index contributed by atoms with van der Waals surface area (Å²) in [6, 6.07) is 5.76. The number of hydrogen-bond donors (Lipinski definition) is 0. The van der Waals surface area contributed by atoms with Gasteiger partial charge in [0.25, 0.3) is 5.91 Å². The molecule has 1 aromatic carbocycles. The Hall–Kier alpha value is -1.89. The number of halogens is 1. The molecule has 1 unspecified atom stereocenters. The van der Waals surface area contributed by atoms with E-state index in [1.807, 2.05) is 6.07 Å². The highest BCUT2D eigenvalue weighted by molar-refractivity contribution is 5.94. The molecule has 3 nitrogen and oxygen atoms in total. The predicted octanol–water partition coefficient (Wildman–Crippen LogP) is 2.12. The van der Waals surface area contributed by atoms with E-state index in [0.29, 0.717) is 0 Å². The molecule has 1 aromatic rings. The van der Waals surface area contributed by atoms with E-state index in [0.717, 1.165) is 5.56 Å². The van der Waals surface area contributed by atoms with Crippen LogP contribution in [0.4, 0.5) is 4.39 Å². The number of hydrogen-bond acceptors (Lipinski definition) is 2. The van der Waals surface area contributed by atoms with E-state index in [1.54, 1.807) is 19.9 Å². The van der Waals surface area contributed by atoms with Crippen molar-refractivity contribution in [2.75, 3.05) is 7.05 Å². The highest BCUT2D eigenvalue weighted by Crippen LogP contribution is 2.13. The molecular formula is C12H13FN2O. The van der Waals surface area contributed by atoms with Crippen LogP contribution in [0.2, 0.25) is 0 Å². The monoisotopic (exact) mass is 220 g/mol. The maximum absolute atomic E-state index is 13.5. The Kier molecular flexibility index (Phi) is 3.62. The standard InChI is InChI=1S/C12H13FN2O/c1-8-4-5-10(11(13)6-8)12(16)15(3)9(2)7-14/h4-6,9H,1-3H3. The fourth-order valence-electron chi connectivity index (χ4n) is 1.25. The Labute approximate surface area is 94.1 Å². The second kappa shape index (κ2) is 4.75. The molecule has 0 aliphatic carbocycles. The first-order chi connectivity index (χ1) is 7.47. The molecule has 1 rings (SSSR count). The molecule has 0 saturated carbocycles. The Morgan fingerprint density at radius 3 is 2.69 bits per heavy atom. The van der Waals surface area contributed by atoms with Crippen molar-refractivity contribution in [1.29, 1.82) is 5.26 Å². The molecule has 0 aliphatic rings. The molecule has 0 aliphatic heterocycles. The van der Waals surface area contributed by atoms with Crippen LogP contribution < -0.4 is 0 Å². The number of rotatable bonds is 2. The Balaban J connectivity index is 3.02. The van der Waals surface area contributed by atoms with Crippen LogP contribution in [0.15, 0.2) is 18.2 Å². The van der Waals surface area contributed by atoms with Gasteiger partial charge in [0, 0.05) is 7.05 Å². The second-order valence-electron chi connectivity index (χ2n) is 3.70. The van der Waals surface area contributed by atoms with Gasteiger partial charge in [0.2, 0.25) is 0 Å². The summed E-state index contributed by atoms with van der Waals surface area (Å²) in [6.07, 6.45) is 0. The summed E-state index contributed by atoms with van der Waals surface area (Å²) >= 11 is 0. The smallest absolute Gasteiger partial charge is 0.257 e. The molecule has 4 heteroatoms. The van der Waals surface area contributed by atoms with Crippen LogP contribution in [0.1, 0.15) is 22.8 Å². The lowest BCUT2D eigenvalue weighted by Gasteiger charge is -2.19. The van der Waals surface area contributed by atoms with Gasteiger partial charge < -0.3 is 4.90 Å². The minimum absolute atomic E-state index is 0.00444. The average molecular weight is 220 g/mol. The van der Waals surface area contributed by atoms with Crippen LogP contribution in [0, 0.1) is 24.1 Å². The maximum Gasteiger partial charge on any atom is 0.257 e. The summed E-state index contributed by atoms with van der Waals surface area (Å²) in [5.41, 5.74) is 0.750. The van der Waals surface area contributed by atoms with Crippen molar-refractivity contribution >= 4 is 5.91 Å². The third-order valence-corrected chi connectivity index (χ3v) is 2.44. The quantitative estimate of drug-likeness (QED) is 0.766. The molecule has 0 radical (unpaired) electrons. The van der Waals surface area contributed by atoms with Crippen LogP contribution in [0.5, 0.6) is 0 Å². The number of amides is 1. The SMILES string of the molecule is Cc1ccc(C(=O)N(C)C(C)C#N)c(F)c1. The van der Waals surface area contributed by atoms with E-state index in [9.17, 15) is 9.18 Å². The van der Waals surface area contributed by atoms with Gasteiger partial charge in [-0.2, -0.15) is 5.26 Å². The van der Waals surface area contributed by atoms with Crippen molar-refractivity contribution in [3.05, 3.63) is 35.1 Å². The molecular weight excluding hydrogens is 207 g/mol. The number of nitriles is 1. The Morgan fingerprint density at radius 2 is 2.19 bits per heavy atom. The van der Waals surface area contributed by atoms with Gasteiger partial charge in [-0.1, -0.05) is 6.07 Å². The summed E-state index contributed by atoms with van der Waals surface area (Å²) in [6.45, 7) is 3.34. The van der Waals surface area contributed by atoms with E-state index < -0.39 is 17.8 Å². The van der Waals surface area contributed by atoms with Gasteiger partial charge in [0.1, 0.15) is 11.9 Å². The summed E-state index contributed by atoms with van der Waals surface area (Å²) < 4.78 is 13.5. The van der Waals surface area contributed by atoms with Crippen molar-refractivity contribution in [1.82, 2.24) is 4.90 Å². The highest BCUT2D eigenvalue weighted by Gasteiger charge is 2.19. The number of aryl methyl sites for hydroxylation is 1. The van der Waals surface area contributed by atoms with Gasteiger partial charge in [0.05, 0.1) is 11.6 Å². The summed E-state index contributed by atoms with van der Waals surface area (Å²) in [7, 11) is 1.48. The second-order valence-corrected chi connectivity index (χ2v) is 3.70. The molecule has 0 bridgehead atoms. The fraction of sp³-hybridized carbons (Fsp3) is 0.333. The highest BCUT2D eigenvalue weighted by atomic mass is 19.1. The molecule has 0 heterocycles. The van der Waals surface area contributed by atoms with Gasteiger partial charge in [0.15, 0.2) is 0 Å². The number of carbonyl (C=O) groups excluding carboxylic acids is 1. The van der Waals surface area contributed by atoms with E-state index in [4.69, 9.17) is 5.26 Å². The summed E-state index contributed by atoms with van der Waals surface area (Å²) in [4.78, 5) is 13.0. The number of carbonyl (C=O) groups is 1. The van der Waals surface area contributed by atoms with Gasteiger partial charge in [-0.3, -0.25) is 4.79 Å². The lowest BCUT2D eigenvalue weighted by molar-refractivity contribution is 0.0768. The van der Waals surface area contributed by atoms with Gasteiger partial charge in [-0.25, -0.2) is 4.39 Å². The first-order valence-corrected chi connectivity index (χ1v) is 4.90. The van der Waals surface area contributed by atoms with Crippen LogP contribution in [0.3, 0.4) is 0 Å². The molecule has 1 amide bonds. The largest absolute Gasteiger partial charge is 0.326 e. The van der Waals surface area contributed by atoms with Crippen LogP contribution in [0.25, 0.3) is 0 Å². The average Bonchev–Trinajstić information content (AvgIpc) is 2.26. The van der Waals surface area contributed by atoms with Gasteiger partial charge in [-0.15, -0.1) is 0 Å². The van der Waals surface area contributed by atoms with Gasteiger partial charge >= 0.3 is 0 Å². The van der Waals surface area contributed by atoms with Crippen LogP contribution in [-0.4, -0.2) is 23.9 Å². The molecule has 84 valence electrons. The molecule has 1 atom stereocenters. The minimum atomic E-state index is -0.576. The van der Waals surface area contributed by atoms with Crippen molar-refractivity contribution in [3.8, 4) is 6.07 Å². The van der Waals surface area contributed by atoms with Crippen molar-refractivity contribution in [2.45, 2.75) is 19.9 Å². The van der Waals surface area contributed by atoms with Crippen molar-refractivity contribution in [3.63, 3.8) is 0 Å². The zero-order valence-electron chi connectivity index (χ0n) is 9.49. The third kappa shape index (κ3) is 2.37. The topological polar surface area (TPSA) is 44.1 Å². The van der Waals surface area contributed by atoms with Crippen LogP contribution >= 0.6 is 0 Å². The summed E-state index contributed by atoms with van der Waals surface area (Å²) in [5, 5.41) is 8.68. The van der Waals surface area contributed by atoms with Crippen molar-refractivity contribution in [2.24, 2.45) is 0 Å². The Bertz CT molecular complexity index is 451. The first kappa shape index (κ1) is 12.2. The number of benzene rings is 1.